The molecule has 5 nitrogen and oxygen atoms in total. The van der Waals surface area contributed by atoms with Gasteiger partial charge >= 0.3 is 5.69 Å². The van der Waals surface area contributed by atoms with Crippen LogP contribution in [-0.2, 0) is 0 Å². The third kappa shape index (κ3) is 1.61. The van der Waals surface area contributed by atoms with E-state index in [0.29, 0.717) is 18.9 Å². The highest BCUT2D eigenvalue weighted by Gasteiger charge is 2.29. The van der Waals surface area contributed by atoms with Gasteiger partial charge in [-0.15, -0.1) is 0 Å². The largest absolute Gasteiger partial charge is 0.329 e. The minimum absolute atomic E-state index is 0.124. The van der Waals surface area contributed by atoms with Gasteiger partial charge < -0.3 is 0 Å². The molecule has 0 saturated heterocycles. The van der Waals surface area contributed by atoms with E-state index in [1.807, 2.05) is 4.98 Å². The Hall–Kier alpha value is -2.31. The standard InChI is InChI=1S/C12H8F2N2O3/c13-8-3-6-10(7(4-17)9(8)14)16(5-1-2-5)12(19)15-11(6)18/h3-5H,1-2H2,(H,15,18,19). The molecule has 7 heteroatoms. The van der Waals surface area contributed by atoms with E-state index in [9.17, 15) is 23.2 Å². The summed E-state index contributed by atoms with van der Waals surface area (Å²) in [5.74, 6) is -2.64. The molecule has 0 bridgehead atoms. The fraction of sp³-hybridized carbons (Fsp3) is 0.250. The van der Waals surface area contributed by atoms with Gasteiger partial charge in [-0.1, -0.05) is 0 Å². The molecular weight excluding hydrogens is 258 g/mol. The molecule has 1 heterocycles. The van der Waals surface area contributed by atoms with E-state index >= 15 is 0 Å². The minimum atomic E-state index is -1.35. The van der Waals surface area contributed by atoms with Gasteiger partial charge in [0, 0.05) is 6.04 Å². The predicted octanol–water partition coefficient (Wildman–Crippen LogP) is 1.12. The van der Waals surface area contributed by atoms with E-state index in [2.05, 4.69) is 0 Å². The van der Waals surface area contributed by atoms with Gasteiger partial charge in [-0.2, -0.15) is 0 Å². The Bertz CT molecular complexity index is 818. The SMILES string of the molecule is O=Cc1c(F)c(F)cc2c(=O)[nH]c(=O)n(C3CC3)c12. The molecule has 3 rings (SSSR count). The average Bonchev–Trinajstić information content (AvgIpc) is 3.17. The van der Waals surface area contributed by atoms with Gasteiger partial charge in [0.2, 0.25) is 0 Å². The lowest BCUT2D eigenvalue weighted by Crippen LogP contribution is -2.31. The third-order valence-corrected chi connectivity index (χ3v) is 3.18. The highest BCUT2D eigenvalue weighted by molar-refractivity contribution is 5.96. The second-order valence-electron chi connectivity index (χ2n) is 4.46. The maximum Gasteiger partial charge on any atom is 0.329 e. The van der Waals surface area contributed by atoms with E-state index < -0.39 is 28.4 Å². The van der Waals surface area contributed by atoms with Crippen molar-refractivity contribution >= 4 is 17.2 Å². The number of halogens is 2. The number of aromatic nitrogens is 2. The summed E-state index contributed by atoms with van der Waals surface area (Å²) in [5, 5.41) is -0.201. The Morgan fingerprint density at radius 1 is 1.32 bits per heavy atom. The number of carbonyl (C=O) groups excluding carboxylic acids is 1. The molecular formula is C12H8F2N2O3. The van der Waals surface area contributed by atoms with Crippen LogP contribution < -0.4 is 11.2 Å². The fourth-order valence-electron chi connectivity index (χ4n) is 2.18. The topological polar surface area (TPSA) is 71.9 Å². The molecule has 1 aromatic heterocycles. The van der Waals surface area contributed by atoms with E-state index in [-0.39, 0.29) is 23.2 Å². The van der Waals surface area contributed by atoms with Crippen molar-refractivity contribution in [3.63, 3.8) is 0 Å². The summed E-state index contributed by atoms with van der Waals surface area (Å²) in [6.07, 6.45) is 1.51. The van der Waals surface area contributed by atoms with Crippen molar-refractivity contribution in [3.8, 4) is 0 Å². The Kier molecular flexibility index (Phi) is 2.38. The second-order valence-corrected chi connectivity index (χ2v) is 4.46. The van der Waals surface area contributed by atoms with Crippen molar-refractivity contribution in [3.05, 3.63) is 44.1 Å². The Morgan fingerprint density at radius 3 is 2.58 bits per heavy atom. The van der Waals surface area contributed by atoms with Gasteiger partial charge in [0.1, 0.15) is 0 Å². The predicted molar refractivity (Wildman–Crippen MR) is 62.4 cm³/mol. The summed E-state index contributed by atoms with van der Waals surface area (Å²) >= 11 is 0. The number of hydrogen-bond donors (Lipinski definition) is 1. The maximum atomic E-state index is 13.6. The fourth-order valence-corrected chi connectivity index (χ4v) is 2.18. The summed E-state index contributed by atoms with van der Waals surface area (Å²) in [7, 11) is 0. The molecule has 1 fully saturated rings. The van der Waals surface area contributed by atoms with E-state index in [1.165, 1.54) is 0 Å². The lowest BCUT2D eigenvalue weighted by atomic mass is 10.1. The lowest BCUT2D eigenvalue weighted by molar-refractivity contribution is 0.112. The quantitative estimate of drug-likeness (QED) is 0.828. The highest BCUT2D eigenvalue weighted by atomic mass is 19.2. The first-order chi connectivity index (χ1) is 9.04. The summed E-state index contributed by atoms with van der Waals surface area (Å²) < 4.78 is 28.1. The molecule has 0 unspecified atom stereocenters. The summed E-state index contributed by atoms with van der Waals surface area (Å²) in [4.78, 5) is 36.5. The van der Waals surface area contributed by atoms with E-state index in [0.717, 1.165) is 4.57 Å². The number of benzene rings is 1. The first kappa shape index (κ1) is 11.8. The van der Waals surface area contributed by atoms with Gasteiger partial charge in [-0.3, -0.25) is 19.1 Å². The number of fused-ring (bicyclic) bond motifs is 1. The number of carbonyl (C=O) groups is 1. The van der Waals surface area contributed by atoms with Gasteiger partial charge in [0.15, 0.2) is 17.9 Å². The monoisotopic (exact) mass is 266 g/mol. The maximum absolute atomic E-state index is 13.6. The van der Waals surface area contributed by atoms with Crippen molar-refractivity contribution in [2.24, 2.45) is 0 Å². The first-order valence-corrected chi connectivity index (χ1v) is 5.66. The van der Waals surface area contributed by atoms with Crippen LogP contribution in [0, 0.1) is 11.6 Å². The molecule has 0 amide bonds. The summed E-state index contributed by atoms with van der Waals surface area (Å²) in [6.45, 7) is 0. The zero-order chi connectivity index (χ0) is 13.7. The molecule has 1 N–H and O–H groups in total. The van der Waals surface area contributed by atoms with E-state index in [4.69, 9.17) is 0 Å². The molecule has 0 spiro atoms. The highest BCUT2D eigenvalue weighted by Crippen LogP contribution is 2.36. The van der Waals surface area contributed by atoms with Crippen molar-refractivity contribution < 1.29 is 13.6 Å². The number of hydrogen-bond acceptors (Lipinski definition) is 3. The molecule has 1 aromatic carbocycles. The van der Waals surface area contributed by atoms with Crippen molar-refractivity contribution in [1.82, 2.24) is 9.55 Å². The molecule has 19 heavy (non-hydrogen) atoms. The van der Waals surface area contributed by atoms with Crippen LogP contribution in [-0.4, -0.2) is 15.8 Å². The summed E-state index contributed by atoms with van der Waals surface area (Å²) in [5.41, 5.74) is -2.27. The molecule has 0 aliphatic heterocycles. The van der Waals surface area contributed by atoms with E-state index in [1.54, 1.807) is 0 Å². The van der Waals surface area contributed by atoms with Crippen molar-refractivity contribution in [2.75, 3.05) is 0 Å². The molecule has 1 aliphatic carbocycles. The second kappa shape index (κ2) is 3.84. The number of nitrogens with zero attached hydrogens (tertiary/aromatic N) is 1. The van der Waals surface area contributed by atoms with Crippen LogP contribution in [0.5, 0.6) is 0 Å². The van der Waals surface area contributed by atoms with Gasteiger partial charge in [-0.25, -0.2) is 13.6 Å². The van der Waals surface area contributed by atoms with Crippen LogP contribution in [0.3, 0.4) is 0 Å². The first-order valence-electron chi connectivity index (χ1n) is 5.66. The zero-order valence-electron chi connectivity index (χ0n) is 9.57. The van der Waals surface area contributed by atoms with Crippen LogP contribution >= 0.6 is 0 Å². The smallest absolute Gasteiger partial charge is 0.298 e. The van der Waals surface area contributed by atoms with Crippen LogP contribution in [0.2, 0.25) is 0 Å². The Morgan fingerprint density at radius 2 is 2.00 bits per heavy atom. The molecule has 0 atom stereocenters. The Labute approximate surface area is 104 Å². The van der Waals surface area contributed by atoms with Crippen molar-refractivity contribution in [2.45, 2.75) is 18.9 Å². The normalized spacial score (nSPS) is 14.8. The van der Waals surface area contributed by atoms with Crippen molar-refractivity contribution in [1.29, 1.82) is 0 Å². The number of rotatable bonds is 2. The van der Waals surface area contributed by atoms with Gasteiger partial charge in [-0.05, 0) is 18.9 Å². The number of aldehydes is 1. The lowest BCUT2D eigenvalue weighted by Gasteiger charge is -2.10. The van der Waals surface area contributed by atoms with Gasteiger partial charge in [0.05, 0.1) is 16.5 Å². The van der Waals surface area contributed by atoms with Crippen LogP contribution in [0.1, 0.15) is 29.2 Å². The molecule has 1 aliphatic rings. The summed E-state index contributed by atoms with van der Waals surface area (Å²) in [6, 6.07) is 0.518. The van der Waals surface area contributed by atoms with Crippen LogP contribution in [0.25, 0.3) is 10.9 Å². The molecule has 98 valence electrons. The third-order valence-electron chi connectivity index (χ3n) is 3.18. The Balaban J connectivity index is 2.62. The van der Waals surface area contributed by atoms with Crippen LogP contribution in [0.4, 0.5) is 8.78 Å². The minimum Gasteiger partial charge on any atom is -0.298 e. The molecule has 1 saturated carbocycles. The number of aromatic amines is 1. The van der Waals surface area contributed by atoms with Crippen LogP contribution in [0.15, 0.2) is 15.7 Å². The zero-order valence-corrected chi connectivity index (χ0v) is 9.57. The average molecular weight is 266 g/mol. The van der Waals surface area contributed by atoms with Gasteiger partial charge in [0.25, 0.3) is 5.56 Å². The number of H-pyrrole nitrogens is 1. The molecule has 0 radical (unpaired) electrons. The number of nitrogens with one attached hydrogen (secondary N) is 1. The molecule has 2 aromatic rings.